The number of benzene rings is 1. The first-order valence-electron chi connectivity index (χ1n) is 8.56. The number of aliphatic imine (C=N–C) groups is 1. The van der Waals surface area contributed by atoms with Crippen molar-refractivity contribution in [1.29, 1.82) is 0 Å². The average Bonchev–Trinajstić information content (AvgIpc) is 3.05. The van der Waals surface area contributed by atoms with Gasteiger partial charge in [0, 0.05) is 26.7 Å². The Bertz CT molecular complexity index is 447. The van der Waals surface area contributed by atoms with Crippen LogP contribution in [0.15, 0.2) is 29.3 Å². The van der Waals surface area contributed by atoms with E-state index in [2.05, 4.69) is 51.7 Å². The Labute approximate surface area is 135 Å². The van der Waals surface area contributed by atoms with Crippen molar-refractivity contribution in [1.82, 2.24) is 15.5 Å². The van der Waals surface area contributed by atoms with Gasteiger partial charge in [0.25, 0.3) is 0 Å². The van der Waals surface area contributed by atoms with Gasteiger partial charge in [-0.2, -0.15) is 0 Å². The van der Waals surface area contributed by atoms with Gasteiger partial charge in [0.05, 0.1) is 0 Å². The minimum Gasteiger partial charge on any atom is -0.356 e. The van der Waals surface area contributed by atoms with E-state index in [1.807, 2.05) is 7.05 Å². The van der Waals surface area contributed by atoms with Crippen molar-refractivity contribution in [2.24, 2.45) is 4.99 Å². The molecule has 0 aromatic heterocycles. The largest absolute Gasteiger partial charge is 0.356 e. The van der Waals surface area contributed by atoms with Crippen LogP contribution >= 0.6 is 0 Å². The summed E-state index contributed by atoms with van der Waals surface area (Å²) in [4.78, 5) is 6.78. The van der Waals surface area contributed by atoms with Gasteiger partial charge in [0.1, 0.15) is 0 Å². The zero-order valence-corrected chi connectivity index (χ0v) is 14.1. The van der Waals surface area contributed by atoms with Crippen LogP contribution in [0.1, 0.15) is 43.7 Å². The average molecular weight is 302 g/mol. The molecule has 0 unspecified atom stereocenters. The quantitative estimate of drug-likeness (QED) is 0.462. The van der Waals surface area contributed by atoms with Crippen LogP contribution in [0, 0.1) is 0 Å². The van der Waals surface area contributed by atoms with Crippen molar-refractivity contribution >= 4 is 5.96 Å². The van der Waals surface area contributed by atoms with E-state index in [0.29, 0.717) is 0 Å². The lowest BCUT2D eigenvalue weighted by atomic mass is 10.1. The summed E-state index contributed by atoms with van der Waals surface area (Å²) in [5.41, 5.74) is 2.71. The molecule has 4 heteroatoms. The predicted octanol–water partition coefficient (Wildman–Crippen LogP) is 2.75. The van der Waals surface area contributed by atoms with Crippen LogP contribution in [-0.2, 0) is 13.1 Å². The summed E-state index contributed by atoms with van der Waals surface area (Å²) < 4.78 is 0. The first kappa shape index (κ1) is 16.8. The van der Waals surface area contributed by atoms with E-state index in [-0.39, 0.29) is 0 Å². The molecule has 0 saturated carbocycles. The Morgan fingerprint density at radius 2 is 1.77 bits per heavy atom. The van der Waals surface area contributed by atoms with Crippen molar-refractivity contribution in [2.45, 2.75) is 45.7 Å². The third kappa shape index (κ3) is 5.68. The molecule has 122 valence electrons. The van der Waals surface area contributed by atoms with E-state index in [4.69, 9.17) is 0 Å². The van der Waals surface area contributed by atoms with Crippen LogP contribution < -0.4 is 10.6 Å². The lowest BCUT2D eigenvalue weighted by Crippen LogP contribution is -2.37. The third-order valence-corrected chi connectivity index (χ3v) is 4.13. The monoisotopic (exact) mass is 302 g/mol. The van der Waals surface area contributed by atoms with Gasteiger partial charge in [-0.3, -0.25) is 9.89 Å². The molecule has 0 amide bonds. The molecular formula is C18H30N4. The third-order valence-electron chi connectivity index (χ3n) is 4.13. The van der Waals surface area contributed by atoms with Gasteiger partial charge in [0.2, 0.25) is 0 Å². The molecule has 4 nitrogen and oxygen atoms in total. The summed E-state index contributed by atoms with van der Waals surface area (Å²) in [6.45, 7) is 7.59. The first-order valence-corrected chi connectivity index (χ1v) is 8.56. The van der Waals surface area contributed by atoms with Crippen molar-refractivity contribution in [3.05, 3.63) is 35.4 Å². The molecule has 1 aliphatic rings. The van der Waals surface area contributed by atoms with Gasteiger partial charge in [-0.25, -0.2) is 0 Å². The Hall–Kier alpha value is -1.55. The van der Waals surface area contributed by atoms with Crippen LogP contribution in [0.3, 0.4) is 0 Å². The van der Waals surface area contributed by atoms with Gasteiger partial charge in [-0.05, 0) is 43.5 Å². The standard InChI is InChI=1S/C18H30N4/c1-3-4-11-20-18(19-2)21-14-16-7-9-17(10-8-16)15-22-12-5-6-13-22/h7-10H,3-6,11-15H2,1-2H3,(H2,19,20,21). The first-order chi connectivity index (χ1) is 10.8. The molecule has 1 heterocycles. The number of hydrogen-bond donors (Lipinski definition) is 2. The fourth-order valence-corrected chi connectivity index (χ4v) is 2.75. The maximum absolute atomic E-state index is 4.25. The molecule has 0 bridgehead atoms. The molecule has 0 atom stereocenters. The Kier molecular flexibility index (Phi) is 7.23. The molecule has 0 radical (unpaired) electrons. The second-order valence-electron chi connectivity index (χ2n) is 6.01. The SMILES string of the molecule is CCCCNC(=NC)NCc1ccc(CN2CCCC2)cc1. The molecule has 1 aromatic rings. The Morgan fingerprint density at radius 1 is 1.09 bits per heavy atom. The van der Waals surface area contributed by atoms with Crippen LogP contribution in [0.4, 0.5) is 0 Å². The lowest BCUT2D eigenvalue weighted by molar-refractivity contribution is 0.331. The molecule has 0 spiro atoms. The van der Waals surface area contributed by atoms with Gasteiger partial charge >= 0.3 is 0 Å². The highest BCUT2D eigenvalue weighted by molar-refractivity contribution is 5.79. The number of rotatable bonds is 7. The van der Waals surface area contributed by atoms with Crippen LogP contribution in [-0.4, -0.2) is 37.5 Å². The summed E-state index contributed by atoms with van der Waals surface area (Å²) in [6, 6.07) is 8.95. The number of likely N-dealkylation sites (tertiary alicyclic amines) is 1. The molecule has 2 N–H and O–H groups in total. The predicted molar refractivity (Wildman–Crippen MR) is 94.1 cm³/mol. The number of guanidine groups is 1. The molecule has 1 aliphatic heterocycles. The van der Waals surface area contributed by atoms with Gasteiger partial charge in [-0.1, -0.05) is 37.6 Å². The second-order valence-corrected chi connectivity index (χ2v) is 6.01. The highest BCUT2D eigenvalue weighted by Gasteiger charge is 2.11. The molecule has 22 heavy (non-hydrogen) atoms. The van der Waals surface area contributed by atoms with E-state index < -0.39 is 0 Å². The summed E-state index contributed by atoms with van der Waals surface area (Å²) in [5, 5.41) is 6.70. The minimum absolute atomic E-state index is 0.815. The number of nitrogens with zero attached hydrogens (tertiary/aromatic N) is 2. The fourth-order valence-electron chi connectivity index (χ4n) is 2.75. The maximum atomic E-state index is 4.25. The van der Waals surface area contributed by atoms with Crippen LogP contribution in [0.5, 0.6) is 0 Å². The van der Waals surface area contributed by atoms with Crippen molar-refractivity contribution in [3.8, 4) is 0 Å². The molecule has 1 fully saturated rings. The van der Waals surface area contributed by atoms with Crippen molar-refractivity contribution in [3.63, 3.8) is 0 Å². The van der Waals surface area contributed by atoms with Crippen LogP contribution in [0.2, 0.25) is 0 Å². The lowest BCUT2D eigenvalue weighted by Gasteiger charge is -2.15. The van der Waals surface area contributed by atoms with E-state index in [0.717, 1.165) is 25.6 Å². The van der Waals surface area contributed by atoms with Crippen LogP contribution in [0.25, 0.3) is 0 Å². The van der Waals surface area contributed by atoms with Gasteiger partial charge in [-0.15, -0.1) is 0 Å². The highest BCUT2D eigenvalue weighted by Crippen LogP contribution is 2.13. The molecular weight excluding hydrogens is 272 g/mol. The minimum atomic E-state index is 0.815. The number of unbranched alkanes of at least 4 members (excludes halogenated alkanes) is 1. The van der Waals surface area contributed by atoms with E-state index in [1.54, 1.807) is 0 Å². The molecule has 2 rings (SSSR count). The molecule has 1 aromatic carbocycles. The van der Waals surface area contributed by atoms with Crippen molar-refractivity contribution in [2.75, 3.05) is 26.7 Å². The smallest absolute Gasteiger partial charge is 0.191 e. The number of nitrogens with one attached hydrogen (secondary N) is 2. The molecule has 0 aliphatic carbocycles. The van der Waals surface area contributed by atoms with E-state index in [1.165, 1.54) is 49.9 Å². The Balaban J connectivity index is 1.75. The van der Waals surface area contributed by atoms with Crippen molar-refractivity contribution < 1.29 is 0 Å². The number of hydrogen-bond acceptors (Lipinski definition) is 2. The van der Waals surface area contributed by atoms with E-state index in [9.17, 15) is 0 Å². The normalized spacial score (nSPS) is 16.0. The zero-order valence-electron chi connectivity index (χ0n) is 14.1. The summed E-state index contributed by atoms with van der Waals surface area (Å²) in [6.07, 6.45) is 5.08. The summed E-state index contributed by atoms with van der Waals surface area (Å²) in [5.74, 6) is 0.884. The molecule has 1 saturated heterocycles. The fraction of sp³-hybridized carbons (Fsp3) is 0.611. The van der Waals surface area contributed by atoms with Gasteiger partial charge < -0.3 is 10.6 Å². The van der Waals surface area contributed by atoms with Gasteiger partial charge in [0.15, 0.2) is 5.96 Å². The maximum Gasteiger partial charge on any atom is 0.191 e. The van der Waals surface area contributed by atoms with E-state index >= 15 is 0 Å². The Morgan fingerprint density at radius 3 is 2.41 bits per heavy atom. The second kappa shape index (κ2) is 9.46. The topological polar surface area (TPSA) is 39.7 Å². The summed E-state index contributed by atoms with van der Waals surface area (Å²) >= 11 is 0. The zero-order chi connectivity index (χ0) is 15.6. The highest BCUT2D eigenvalue weighted by atomic mass is 15.2. The summed E-state index contributed by atoms with van der Waals surface area (Å²) in [7, 11) is 1.82.